The highest BCUT2D eigenvalue weighted by atomic mass is 16.2. The number of hydrogen-bond donors (Lipinski definition) is 1. The van der Waals surface area contributed by atoms with Crippen LogP contribution in [0.3, 0.4) is 0 Å². The number of benzene rings is 1. The van der Waals surface area contributed by atoms with Gasteiger partial charge in [-0.3, -0.25) is 9.59 Å². The van der Waals surface area contributed by atoms with Gasteiger partial charge in [0.15, 0.2) is 0 Å². The standard InChI is InChI=1S/C25H37N3O2/c1-6-7-8-9-10-11-12-22-20(4)27-28(21(22)5)25(30)16-15-24(29)26-23-14-13-18(2)17-19(23)3/h13-14,17H,6-12,15-16H2,1-5H3,(H,26,29). The van der Waals surface area contributed by atoms with Gasteiger partial charge in [-0.25, -0.2) is 4.68 Å². The monoisotopic (exact) mass is 411 g/mol. The molecule has 0 atom stereocenters. The van der Waals surface area contributed by atoms with Gasteiger partial charge in [0.2, 0.25) is 11.8 Å². The first-order valence-electron chi connectivity index (χ1n) is 11.3. The first-order valence-corrected chi connectivity index (χ1v) is 11.3. The minimum atomic E-state index is -0.149. The Bertz CT molecular complexity index is 868. The molecule has 5 nitrogen and oxygen atoms in total. The van der Waals surface area contributed by atoms with Crippen molar-refractivity contribution in [3.8, 4) is 0 Å². The minimum Gasteiger partial charge on any atom is -0.326 e. The molecule has 1 aromatic heterocycles. The number of unbranched alkanes of at least 4 members (excludes halogenated alkanes) is 5. The number of nitrogens with one attached hydrogen (secondary N) is 1. The number of amides is 1. The van der Waals surface area contributed by atoms with Gasteiger partial charge in [0.05, 0.1) is 5.69 Å². The Morgan fingerprint density at radius 2 is 1.67 bits per heavy atom. The van der Waals surface area contributed by atoms with E-state index in [-0.39, 0.29) is 24.7 Å². The molecule has 30 heavy (non-hydrogen) atoms. The van der Waals surface area contributed by atoms with E-state index >= 15 is 0 Å². The molecule has 1 N–H and O–H groups in total. The Morgan fingerprint density at radius 3 is 2.37 bits per heavy atom. The molecule has 2 aromatic rings. The highest BCUT2D eigenvalue weighted by Crippen LogP contribution is 2.19. The second kappa shape index (κ2) is 11.7. The molecular formula is C25H37N3O2. The van der Waals surface area contributed by atoms with Crippen LogP contribution in [-0.2, 0) is 11.2 Å². The lowest BCUT2D eigenvalue weighted by Gasteiger charge is -2.09. The third-order valence-corrected chi connectivity index (χ3v) is 5.68. The van der Waals surface area contributed by atoms with Crippen LogP contribution >= 0.6 is 0 Å². The summed E-state index contributed by atoms with van der Waals surface area (Å²) in [6.45, 7) is 10.1. The largest absolute Gasteiger partial charge is 0.326 e. The minimum absolute atomic E-state index is 0.124. The van der Waals surface area contributed by atoms with E-state index in [1.807, 2.05) is 45.9 Å². The smallest absolute Gasteiger partial charge is 0.247 e. The molecule has 1 amide bonds. The van der Waals surface area contributed by atoms with Crippen LogP contribution in [0.15, 0.2) is 18.2 Å². The van der Waals surface area contributed by atoms with Crippen molar-refractivity contribution >= 4 is 17.5 Å². The second-order valence-corrected chi connectivity index (χ2v) is 8.34. The summed E-state index contributed by atoms with van der Waals surface area (Å²) in [7, 11) is 0. The molecule has 0 saturated carbocycles. The molecule has 0 aliphatic heterocycles. The zero-order valence-corrected chi connectivity index (χ0v) is 19.3. The van der Waals surface area contributed by atoms with Crippen LogP contribution in [0, 0.1) is 27.7 Å². The van der Waals surface area contributed by atoms with Crippen LogP contribution in [0.25, 0.3) is 0 Å². The summed E-state index contributed by atoms with van der Waals surface area (Å²) < 4.78 is 1.49. The number of carbonyl (C=O) groups is 2. The molecular weight excluding hydrogens is 374 g/mol. The summed E-state index contributed by atoms with van der Waals surface area (Å²) in [6, 6.07) is 5.90. The topological polar surface area (TPSA) is 64.0 Å². The first kappa shape index (κ1) is 23.8. The average Bonchev–Trinajstić information content (AvgIpc) is 2.99. The molecule has 0 fully saturated rings. The SMILES string of the molecule is CCCCCCCCc1c(C)nn(C(=O)CCC(=O)Nc2ccc(C)cc2C)c1C. The van der Waals surface area contributed by atoms with E-state index in [2.05, 4.69) is 17.3 Å². The van der Waals surface area contributed by atoms with Gasteiger partial charge >= 0.3 is 0 Å². The lowest BCUT2D eigenvalue weighted by atomic mass is 10.0. The van der Waals surface area contributed by atoms with E-state index in [0.29, 0.717) is 0 Å². The van der Waals surface area contributed by atoms with Crippen molar-refractivity contribution in [1.82, 2.24) is 9.78 Å². The maximum atomic E-state index is 12.7. The van der Waals surface area contributed by atoms with E-state index < -0.39 is 0 Å². The quantitative estimate of drug-likeness (QED) is 0.456. The third kappa shape index (κ3) is 6.82. The van der Waals surface area contributed by atoms with E-state index in [1.54, 1.807) is 0 Å². The van der Waals surface area contributed by atoms with E-state index in [0.717, 1.165) is 41.0 Å². The Morgan fingerprint density at radius 1 is 0.967 bits per heavy atom. The molecule has 0 unspecified atom stereocenters. The zero-order valence-electron chi connectivity index (χ0n) is 19.3. The molecule has 0 bridgehead atoms. The summed E-state index contributed by atoms with van der Waals surface area (Å²) in [5.41, 5.74) is 5.99. The summed E-state index contributed by atoms with van der Waals surface area (Å²) in [5, 5.41) is 7.36. The molecule has 0 saturated heterocycles. The van der Waals surface area contributed by atoms with Gasteiger partial charge in [-0.1, -0.05) is 56.7 Å². The van der Waals surface area contributed by atoms with Gasteiger partial charge in [-0.05, 0) is 57.7 Å². The van der Waals surface area contributed by atoms with Gasteiger partial charge in [0.25, 0.3) is 0 Å². The van der Waals surface area contributed by atoms with Crippen molar-refractivity contribution in [2.45, 2.75) is 92.4 Å². The van der Waals surface area contributed by atoms with Crippen molar-refractivity contribution in [2.75, 3.05) is 5.32 Å². The maximum absolute atomic E-state index is 12.7. The highest BCUT2D eigenvalue weighted by molar-refractivity contribution is 5.94. The molecule has 0 radical (unpaired) electrons. The predicted octanol–water partition coefficient (Wildman–Crippen LogP) is 6.08. The van der Waals surface area contributed by atoms with E-state index in [9.17, 15) is 9.59 Å². The highest BCUT2D eigenvalue weighted by Gasteiger charge is 2.17. The van der Waals surface area contributed by atoms with Crippen LogP contribution in [-0.4, -0.2) is 21.6 Å². The summed E-state index contributed by atoms with van der Waals surface area (Å²) >= 11 is 0. The van der Waals surface area contributed by atoms with Crippen LogP contribution in [0.4, 0.5) is 5.69 Å². The van der Waals surface area contributed by atoms with Crippen LogP contribution in [0.1, 0.15) is 91.2 Å². The second-order valence-electron chi connectivity index (χ2n) is 8.34. The Hall–Kier alpha value is -2.43. The molecule has 1 heterocycles. The van der Waals surface area contributed by atoms with Crippen molar-refractivity contribution < 1.29 is 9.59 Å². The molecule has 0 aliphatic rings. The molecule has 1 aromatic carbocycles. The lowest BCUT2D eigenvalue weighted by Crippen LogP contribution is -2.19. The Kier molecular flexibility index (Phi) is 9.28. The van der Waals surface area contributed by atoms with Gasteiger partial charge in [-0.15, -0.1) is 0 Å². The molecule has 2 rings (SSSR count). The van der Waals surface area contributed by atoms with Gasteiger partial charge in [0, 0.05) is 24.2 Å². The van der Waals surface area contributed by atoms with Gasteiger partial charge < -0.3 is 5.32 Å². The van der Waals surface area contributed by atoms with E-state index in [1.165, 1.54) is 42.3 Å². The van der Waals surface area contributed by atoms with Crippen molar-refractivity contribution in [3.05, 3.63) is 46.3 Å². The fourth-order valence-corrected chi connectivity index (χ4v) is 3.85. The molecule has 0 spiro atoms. The number of rotatable bonds is 11. The van der Waals surface area contributed by atoms with Crippen molar-refractivity contribution in [2.24, 2.45) is 0 Å². The molecule has 5 heteroatoms. The summed E-state index contributed by atoms with van der Waals surface area (Å²) in [4.78, 5) is 25.0. The van der Waals surface area contributed by atoms with Crippen molar-refractivity contribution in [1.29, 1.82) is 0 Å². The summed E-state index contributed by atoms with van der Waals surface area (Å²) in [6.07, 6.45) is 8.75. The average molecular weight is 412 g/mol. The number of hydrogen-bond acceptors (Lipinski definition) is 3. The van der Waals surface area contributed by atoms with Gasteiger partial charge in [0.1, 0.15) is 0 Å². The van der Waals surface area contributed by atoms with Gasteiger partial charge in [-0.2, -0.15) is 5.10 Å². The molecule has 164 valence electrons. The zero-order chi connectivity index (χ0) is 22.1. The lowest BCUT2D eigenvalue weighted by molar-refractivity contribution is -0.116. The number of anilines is 1. The number of aryl methyl sites for hydroxylation is 3. The number of carbonyl (C=O) groups excluding carboxylic acids is 2. The fourth-order valence-electron chi connectivity index (χ4n) is 3.85. The van der Waals surface area contributed by atoms with Crippen LogP contribution in [0.5, 0.6) is 0 Å². The van der Waals surface area contributed by atoms with E-state index in [4.69, 9.17) is 0 Å². The van der Waals surface area contributed by atoms with Crippen LogP contribution < -0.4 is 5.32 Å². The third-order valence-electron chi connectivity index (χ3n) is 5.68. The maximum Gasteiger partial charge on any atom is 0.247 e. The first-order chi connectivity index (χ1) is 14.3. The van der Waals surface area contributed by atoms with Crippen molar-refractivity contribution in [3.63, 3.8) is 0 Å². The number of aromatic nitrogens is 2. The fraction of sp³-hybridized carbons (Fsp3) is 0.560. The Labute approximate surface area is 181 Å². The Balaban J connectivity index is 1.86. The van der Waals surface area contributed by atoms with Crippen LogP contribution in [0.2, 0.25) is 0 Å². The summed E-state index contributed by atoms with van der Waals surface area (Å²) in [5.74, 6) is -0.273. The predicted molar refractivity (Wildman–Crippen MR) is 123 cm³/mol. The number of nitrogens with zero attached hydrogens (tertiary/aromatic N) is 2. The molecule has 0 aliphatic carbocycles. The normalized spacial score (nSPS) is 11.0.